The molecule has 3 aromatic rings. The van der Waals surface area contributed by atoms with Gasteiger partial charge in [-0.2, -0.15) is 0 Å². The van der Waals surface area contributed by atoms with E-state index < -0.39 is 145 Å². The maximum Gasteiger partial charge on any atom is 0.239 e. The minimum atomic E-state index is -1.97. The first-order valence-electron chi connectivity index (χ1n) is 16.5. The van der Waals surface area contributed by atoms with Gasteiger partial charge in [0.15, 0.2) is 23.5 Å². The molecular formula is C33H40O21. The van der Waals surface area contributed by atoms with Gasteiger partial charge in [-0.25, -0.2) is 0 Å². The molecule has 1 aromatic heterocycles. The first kappa shape index (κ1) is 39.8. The zero-order valence-corrected chi connectivity index (χ0v) is 28.0. The van der Waals surface area contributed by atoms with Gasteiger partial charge >= 0.3 is 0 Å². The van der Waals surface area contributed by atoms with Crippen molar-refractivity contribution in [1.82, 2.24) is 0 Å². The van der Waals surface area contributed by atoms with E-state index in [4.69, 9.17) is 32.8 Å². The number of rotatable bonds is 9. The third kappa shape index (κ3) is 7.27. The second kappa shape index (κ2) is 15.7. The van der Waals surface area contributed by atoms with Gasteiger partial charge in [0, 0.05) is 17.7 Å². The first-order chi connectivity index (χ1) is 25.6. The fraction of sp³-hybridized carbons (Fsp3) is 0.545. The smallest absolute Gasteiger partial charge is 0.239 e. The van der Waals surface area contributed by atoms with Crippen molar-refractivity contribution in [3.05, 3.63) is 40.6 Å². The van der Waals surface area contributed by atoms with Crippen LogP contribution >= 0.6 is 0 Å². The van der Waals surface area contributed by atoms with E-state index in [0.717, 1.165) is 24.3 Å². The Kier molecular flexibility index (Phi) is 11.5. The topological polar surface area (TPSA) is 349 Å². The summed E-state index contributed by atoms with van der Waals surface area (Å²) in [6.07, 6.45) is -25.1. The fourth-order valence-corrected chi connectivity index (χ4v) is 6.33. The molecule has 2 aromatic carbocycles. The molecule has 3 aliphatic rings. The van der Waals surface area contributed by atoms with Gasteiger partial charge in [-0.1, -0.05) is 0 Å². The molecule has 21 nitrogen and oxygen atoms in total. The second-order valence-corrected chi connectivity index (χ2v) is 13.0. The lowest BCUT2D eigenvalue weighted by molar-refractivity contribution is -0.348. The Labute approximate surface area is 303 Å². The number of hydrogen-bond donors (Lipinski definition) is 13. The number of ether oxygens (including phenoxy) is 6. The average molecular weight is 773 g/mol. The van der Waals surface area contributed by atoms with Gasteiger partial charge in [0.05, 0.1) is 19.3 Å². The Morgan fingerprint density at radius 3 is 1.81 bits per heavy atom. The van der Waals surface area contributed by atoms with Crippen LogP contribution in [0.25, 0.3) is 22.3 Å². The summed E-state index contributed by atoms with van der Waals surface area (Å²) in [5, 5.41) is 133. The Bertz CT molecular complexity index is 1850. The number of benzene rings is 2. The number of fused-ring (bicyclic) bond motifs is 1. The zero-order chi connectivity index (χ0) is 39.3. The highest BCUT2D eigenvalue weighted by Crippen LogP contribution is 2.40. The molecule has 6 rings (SSSR count). The van der Waals surface area contributed by atoms with Gasteiger partial charge in [0.2, 0.25) is 23.8 Å². The molecule has 4 heterocycles. The molecule has 3 fully saturated rings. The Morgan fingerprint density at radius 2 is 1.20 bits per heavy atom. The molecule has 0 saturated carbocycles. The molecule has 3 saturated heterocycles. The van der Waals surface area contributed by atoms with Crippen LogP contribution in [-0.2, 0) is 18.9 Å². The zero-order valence-electron chi connectivity index (χ0n) is 28.0. The van der Waals surface area contributed by atoms with Crippen LogP contribution in [0.2, 0.25) is 0 Å². The number of aromatic hydroxyl groups is 3. The molecular weight excluding hydrogens is 732 g/mol. The molecule has 0 aliphatic carbocycles. The van der Waals surface area contributed by atoms with Gasteiger partial charge in [0.25, 0.3) is 0 Å². The SMILES string of the molecule is C[C@@H]1O[C@@H](Oc2cc(O)c3c(=O)c(O[C@@H]4O[C@H](CO)[C@@H](O)[C@H](O)[C@H]4O)c(-c4ccc(O)c(O)c4)oc3c2)[C@H](O)[C@H](O)[C@H]1O[C@@H]1O[C@H](CO)[C@@H](O)[C@H](O)[C@H]1O. The largest absolute Gasteiger partial charge is 0.507 e. The third-order valence-corrected chi connectivity index (χ3v) is 9.40. The van der Waals surface area contributed by atoms with Crippen LogP contribution in [0, 0.1) is 0 Å². The summed E-state index contributed by atoms with van der Waals surface area (Å²) in [5.74, 6) is -3.48. The van der Waals surface area contributed by atoms with Gasteiger partial charge in [0.1, 0.15) is 89.6 Å². The van der Waals surface area contributed by atoms with E-state index >= 15 is 0 Å². The molecule has 15 atom stereocenters. The maximum atomic E-state index is 13.9. The summed E-state index contributed by atoms with van der Waals surface area (Å²) in [4.78, 5) is 13.9. The van der Waals surface area contributed by atoms with Crippen LogP contribution in [0.4, 0.5) is 0 Å². The van der Waals surface area contributed by atoms with Crippen LogP contribution in [0.5, 0.6) is 28.7 Å². The average Bonchev–Trinajstić information content (AvgIpc) is 3.14. The summed E-state index contributed by atoms with van der Waals surface area (Å²) >= 11 is 0. The van der Waals surface area contributed by atoms with Gasteiger partial charge in [-0.05, 0) is 25.1 Å². The van der Waals surface area contributed by atoms with Crippen LogP contribution in [0.3, 0.4) is 0 Å². The van der Waals surface area contributed by atoms with Crippen molar-refractivity contribution in [1.29, 1.82) is 0 Å². The molecule has 54 heavy (non-hydrogen) atoms. The van der Waals surface area contributed by atoms with E-state index in [0.29, 0.717) is 0 Å². The van der Waals surface area contributed by atoms with Crippen molar-refractivity contribution in [2.45, 2.75) is 99.0 Å². The van der Waals surface area contributed by atoms with Crippen molar-refractivity contribution < 1.29 is 99.2 Å². The lowest BCUT2D eigenvalue weighted by Crippen LogP contribution is -2.64. The summed E-state index contributed by atoms with van der Waals surface area (Å²) < 4.78 is 39.3. The van der Waals surface area contributed by atoms with E-state index in [2.05, 4.69) is 0 Å². The van der Waals surface area contributed by atoms with Gasteiger partial charge < -0.3 is 99.2 Å². The number of phenols is 3. The lowest BCUT2D eigenvalue weighted by Gasteiger charge is -2.45. The van der Waals surface area contributed by atoms with Crippen molar-refractivity contribution in [2.24, 2.45) is 0 Å². The van der Waals surface area contributed by atoms with Gasteiger partial charge in [-0.3, -0.25) is 4.79 Å². The maximum absolute atomic E-state index is 13.9. The van der Waals surface area contributed by atoms with Gasteiger partial charge in [-0.15, -0.1) is 0 Å². The van der Waals surface area contributed by atoms with E-state index in [9.17, 15) is 71.2 Å². The first-order valence-corrected chi connectivity index (χ1v) is 16.5. The second-order valence-electron chi connectivity index (χ2n) is 13.0. The van der Waals surface area contributed by atoms with Crippen molar-refractivity contribution in [2.75, 3.05) is 13.2 Å². The number of aliphatic hydroxyl groups excluding tert-OH is 10. The van der Waals surface area contributed by atoms with Crippen LogP contribution in [0.1, 0.15) is 6.92 Å². The van der Waals surface area contributed by atoms with Crippen molar-refractivity contribution in [3.63, 3.8) is 0 Å². The number of hydrogen-bond acceptors (Lipinski definition) is 21. The summed E-state index contributed by atoms with van der Waals surface area (Å²) in [6, 6.07) is 5.25. The standard InChI is InChI=1S/C33H40O21/c1-9-28(53-32-25(45)22(42)19(39)16(7-34)51-32)24(44)27(47)31(48-9)49-11-5-14(38)18-15(6-11)50-29(10-2-3-12(36)13(37)4-10)30(21(18)41)54-33-26(46)23(43)20(40)17(8-35)52-33/h2-6,9,16-17,19-20,22-28,31-40,42-47H,7-8H2,1H3/t9-,16+,17+,19+,20+,22-,23-,24-,25+,26+,27+,28-,31-,32-,33-/m0/s1. The van der Waals surface area contributed by atoms with Crippen LogP contribution in [0.15, 0.2) is 39.5 Å². The minimum Gasteiger partial charge on any atom is -0.507 e. The van der Waals surface area contributed by atoms with E-state index in [1.54, 1.807) is 0 Å². The van der Waals surface area contributed by atoms with E-state index in [-0.39, 0.29) is 16.9 Å². The summed E-state index contributed by atoms with van der Waals surface area (Å²) in [6.45, 7) is -0.166. The highest BCUT2D eigenvalue weighted by Gasteiger charge is 2.50. The van der Waals surface area contributed by atoms with E-state index in [1.807, 2.05) is 0 Å². The lowest BCUT2D eigenvalue weighted by atomic mass is 9.97. The Hall–Kier alpha value is -3.91. The molecule has 21 heteroatoms. The third-order valence-electron chi connectivity index (χ3n) is 9.40. The Morgan fingerprint density at radius 1 is 0.630 bits per heavy atom. The summed E-state index contributed by atoms with van der Waals surface area (Å²) in [7, 11) is 0. The van der Waals surface area contributed by atoms with Crippen LogP contribution < -0.4 is 14.9 Å². The fourth-order valence-electron chi connectivity index (χ4n) is 6.33. The predicted molar refractivity (Wildman–Crippen MR) is 173 cm³/mol. The summed E-state index contributed by atoms with van der Waals surface area (Å²) in [5.41, 5.74) is -1.57. The molecule has 0 bridgehead atoms. The highest BCUT2D eigenvalue weighted by molar-refractivity contribution is 5.88. The molecule has 0 unspecified atom stereocenters. The minimum absolute atomic E-state index is 0.0943. The molecule has 0 amide bonds. The monoisotopic (exact) mass is 772 g/mol. The number of aliphatic hydroxyl groups is 10. The van der Waals surface area contributed by atoms with Crippen LogP contribution in [-0.4, -0.2) is 172 Å². The molecule has 0 spiro atoms. The molecule has 3 aliphatic heterocycles. The highest BCUT2D eigenvalue weighted by atomic mass is 16.7. The van der Waals surface area contributed by atoms with Crippen molar-refractivity contribution in [3.8, 4) is 40.1 Å². The molecule has 13 N–H and O–H groups in total. The van der Waals surface area contributed by atoms with E-state index in [1.165, 1.54) is 13.0 Å². The number of phenolic OH excluding ortho intramolecular Hbond substituents is 3. The van der Waals surface area contributed by atoms with Crippen molar-refractivity contribution >= 4 is 11.0 Å². The predicted octanol–water partition coefficient (Wildman–Crippen LogP) is -4.21. The normalized spacial score (nSPS) is 37.3. The molecule has 298 valence electrons. The Balaban J connectivity index is 1.30. The molecule has 0 radical (unpaired) electrons. The quantitative estimate of drug-likeness (QED) is 0.0917.